The van der Waals surface area contributed by atoms with Gasteiger partial charge < -0.3 is 24.1 Å². The molecule has 0 radical (unpaired) electrons. The lowest BCUT2D eigenvalue weighted by molar-refractivity contribution is -0.271. The summed E-state index contributed by atoms with van der Waals surface area (Å²) < 4.78 is 20.3. The summed E-state index contributed by atoms with van der Waals surface area (Å²) >= 11 is 0. The molecule has 0 amide bonds. The van der Waals surface area contributed by atoms with Gasteiger partial charge in [-0.2, -0.15) is 0 Å². The Labute approximate surface area is 77.5 Å². The monoisotopic (exact) mass is 192 g/mol. The van der Waals surface area contributed by atoms with Crippen molar-refractivity contribution in [1.82, 2.24) is 0 Å². The highest BCUT2D eigenvalue weighted by Crippen LogP contribution is 2.19. The molecule has 1 N–H and O–H groups in total. The lowest BCUT2D eigenvalue weighted by Crippen LogP contribution is -2.54. The molecule has 13 heavy (non-hydrogen) atoms. The largest absolute Gasteiger partial charge is 0.387 e. The first kappa shape index (κ1) is 10.9. The van der Waals surface area contributed by atoms with Gasteiger partial charge in [-0.15, -0.1) is 0 Å². The normalized spacial score (nSPS) is 40.6. The van der Waals surface area contributed by atoms with Crippen molar-refractivity contribution in [1.29, 1.82) is 0 Å². The fourth-order valence-corrected chi connectivity index (χ4v) is 1.42. The molecule has 1 saturated heterocycles. The minimum absolute atomic E-state index is 0.316. The third kappa shape index (κ3) is 2.18. The van der Waals surface area contributed by atoms with Crippen molar-refractivity contribution in [2.24, 2.45) is 0 Å². The van der Waals surface area contributed by atoms with Gasteiger partial charge in [0, 0.05) is 21.3 Å². The van der Waals surface area contributed by atoms with Crippen LogP contribution in [-0.4, -0.2) is 57.6 Å². The third-order valence-corrected chi connectivity index (χ3v) is 2.22. The van der Waals surface area contributed by atoms with Crippen LogP contribution >= 0.6 is 0 Å². The van der Waals surface area contributed by atoms with Crippen molar-refractivity contribution in [2.75, 3.05) is 27.9 Å². The molecule has 0 aliphatic carbocycles. The number of rotatable bonds is 3. The lowest BCUT2D eigenvalue weighted by Gasteiger charge is -2.37. The maximum absolute atomic E-state index is 9.72. The van der Waals surface area contributed by atoms with E-state index in [-0.39, 0.29) is 6.10 Å². The van der Waals surface area contributed by atoms with Crippen molar-refractivity contribution < 1.29 is 24.1 Å². The summed E-state index contributed by atoms with van der Waals surface area (Å²) in [6.45, 7) is 0.316. The zero-order valence-corrected chi connectivity index (χ0v) is 8.10. The molecule has 1 fully saturated rings. The quantitative estimate of drug-likeness (QED) is 0.646. The predicted molar refractivity (Wildman–Crippen MR) is 44.3 cm³/mol. The molecule has 1 aliphatic rings. The molecule has 0 saturated carbocycles. The molecule has 5 nitrogen and oxygen atoms in total. The number of aliphatic hydroxyl groups is 1. The van der Waals surface area contributed by atoms with Gasteiger partial charge in [-0.3, -0.25) is 0 Å². The Kier molecular flexibility index (Phi) is 4.08. The zero-order chi connectivity index (χ0) is 9.84. The van der Waals surface area contributed by atoms with Gasteiger partial charge in [0.1, 0.15) is 18.3 Å². The molecule has 0 unspecified atom stereocenters. The highest BCUT2D eigenvalue weighted by molar-refractivity contribution is 4.84. The maximum atomic E-state index is 9.72. The van der Waals surface area contributed by atoms with E-state index in [1.807, 2.05) is 0 Å². The number of hydrogen-bond acceptors (Lipinski definition) is 5. The molecule has 0 spiro atoms. The van der Waals surface area contributed by atoms with Crippen molar-refractivity contribution in [2.45, 2.75) is 24.6 Å². The number of methoxy groups -OCH3 is 3. The van der Waals surface area contributed by atoms with E-state index in [9.17, 15) is 5.11 Å². The number of ether oxygens (including phenoxy) is 4. The van der Waals surface area contributed by atoms with Crippen LogP contribution in [0, 0.1) is 0 Å². The van der Waals surface area contributed by atoms with Crippen LogP contribution in [0.1, 0.15) is 0 Å². The average Bonchev–Trinajstić information content (AvgIpc) is 2.17. The van der Waals surface area contributed by atoms with Gasteiger partial charge in [0.05, 0.1) is 6.61 Å². The molecule has 1 heterocycles. The van der Waals surface area contributed by atoms with Crippen LogP contribution in [0.2, 0.25) is 0 Å². The van der Waals surface area contributed by atoms with Crippen molar-refractivity contribution >= 4 is 0 Å². The van der Waals surface area contributed by atoms with Gasteiger partial charge in [0.2, 0.25) is 0 Å². The van der Waals surface area contributed by atoms with Gasteiger partial charge in [-0.25, -0.2) is 0 Å². The second kappa shape index (κ2) is 4.88. The van der Waals surface area contributed by atoms with Gasteiger partial charge in [-0.1, -0.05) is 0 Å². The first-order valence-electron chi connectivity index (χ1n) is 4.12. The molecule has 78 valence electrons. The molecule has 0 bridgehead atoms. The Morgan fingerprint density at radius 2 is 1.85 bits per heavy atom. The second-order valence-electron chi connectivity index (χ2n) is 2.90. The molecule has 0 aromatic heterocycles. The number of aliphatic hydroxyl groups excluding tert-OH is 1. The van der Waals surface area contributed by atoms with Crippen molar-refractivity contribution in [3.63, 3.8) is 0 Å². The highest BCUT2D eigenvalue weighted by Gasteiger charge is 2.40. The van der Waals surface area contributed by atoms with Gasteiger partial charge in [0.25, 0.3) is 0 Å². The molecule has 5 heteroatoms. The zero-order valence-electron chi connectivity index (χ0n) is 8.10. The van der Waals surface area contributed by atoms with Crippen LogP contribution < -0.4 is 0 Å². The summed E-state index contributed by atoms with van der Waals surface area (Å²) in [7, 11) is 4.54. The predicted octanol–water partition coefficient (Wildman–Crippen LogP) is -0.620. The molecule has 0 aromatic rings. The van der Waals surface area contributed by atoms with Crippen LogP contribution in [0.4, 0.5) is 0 Å². The summed E-state index contributed by atoms with van der Waals surface area (Å²) in [5.74, 6) is 0. The lowest BCUT2D eigenvalue weighted by atomic mass is 10.1. The van der Waals surface area contributed by atoms with Crippen LogP contribution in [0.25, 0.3) is 0 Å². The third-order valence-electron chi connectivity index (χ3n) is 2.22. The van der Waals surface area contributed by atoms with Crippen LogP contribution in [0.15, 0.2) is 0 Å². The molecular weight excluding hydrogens is 176 g/mol. The first-order valence-corrected chi connectivity index (χ1v) is 4.12. The van der Waals surface area contributed by atoms with Gasteiger partial charge in [-0.05, 0) is 0 Å². The Morgan fingerprint density at radius 1 is 1.15 bits per heavy atom. The van der Waals surface area contributed by atoms with E-state index in [1.54, 1.807) is 0 Å². The molecular formula is C8H16O5. The maximum Gasteiger partial charge on any atom is 0.186 e. The van der Waals surface area contributed by atoms with E-state index >= 15 is 0 Å². The van der Waals surface area contributed by atoms with E-state index in [0.29, 0.717) is 6.61 Å². The van der Waals surface area contributed by atoms with Gasteiger partial charge >= 0.3 is 0 Å². The smallest absolute Gasteiger partial charge is 0.186 e. The number of hydrogen-bond donors (Lipinski definition) is 1. The van der Waals surface area contributed by atoms with Crippen LogP contribution in [0.5, 0.6) is 0 Å². The summed E-state index contributed by atoms with van der Waals surface area (Å²) in [5.41, 5.74) is 0. The van der Waals surface area contributed by atoms with Gasteiger partial charge in [0.15, 0.2) is 6.29 Å². The van der Waals surface area contributed by atoms with E-state index in [4.69, 9.17) is 18.9 Å². The van der Waals surface area contributed by atoms with Crippen LogP contribution in [0.3, 0.4) is 0 Å². The minimum Gasteiger partial charge on any atom is -0.387 e. The first-order chi connectivity index (χ1) is 6.24. The second-order valence-corrected chi connectivity index (χ2v) is 2.90. The van der Waals surface area contributed by atoms with E-state index in [1.165, 1.54) is 21.3 Å². The standard InChI is InChI=1S/C8H16O5/c1-10-5-4-13-8(12-3)7(11-2)6(5)9/h5-9H,4H2,1-3H3/t5-,6+,7+,8+/m1/s1. The SMILES string of the molecule is CO[C@H]1OC[C@@H](OC)[C@H](O)[C@@H]1OC. The van der Waals surface area contributed by atoms with Crippen LogP contribution in [-0.2, 0) is 18.9 Å². The molecule has 0 aromatic carbocycles. The molecule has 1 aliphatic heterocycles. The van der Waals surface area contributed by atoms with E-state index < -0.39 is 18.5 Å². The summed E-state index contributed by atoms with van der Waals surface area (Å²) in [6.07, 6.45) is -2.08. The summed E-state index contributed by atoms with van der Waals surface area (Å²) in [5, 5.41) is 9.72. The summed E-state index contributed by atoms with van der Waals surface area (Å²) in [4.78, 5) is 0. The fraction of sp³-hybridized carbons (Fsp3) is 1.00. The fourth-order valence-electron chi connectivity index (χ4n) is 1.42. The minimum atomic E-state index is -0.714. The molecule has 1 rings (SSSR count). The van der Waals surface area contributed by atoms with Crippen molar-refractivity contribution in [3.8, 4) is 0 Å². The Morgan fingerprint density at radius 3 is 2.31 bits per heavy atom. The average molecular weight is 192 g/mol. The van der Waals surface area contributed by atoms with E-state index in [2.05, 4.69) is 0 Å². The highest BCUT2D eigenvalue weighted by atomic mass is 16.7. The Balaban J connectivity index is 2.59. The van der Waals surface area contributed by atoms with E-state index in [0.717, 1.165) is 0 Å². The summed E-state index contributed by atoms with van der Waals surface area (Å²) in [6, 6.07) is 0. The molecule has 4 atom stereocenters. The Bertz CT molecular complexity index is 151. The Hall–Kier alpha value is -0.200. The topological polar surface area (TPSA) is 57.2 Å². The van der Waals surface area contributed by atoms with Crippen molar-refractivity contribution in [3.05, 3.63) is 0 Å².